The van der Waals surface area contributed by atoms with Crippen molar-refractivity contribution in [3.8, 4) is 28.4 Å². The van der Waals surface area contributed by atoms with Crippen molar-refractivity contribution < 1.29 is 48.6 Å². The summed E-state index contributed by atoms with van der Waals surface area (Å²) < 4.78 is 26.5. The first-order valence-electron chi connectivity index (χ1n) is 10.6. The second kappa shape index (κ2) is 9.92. The van der Waals surface area contributed by atoms with Crippen molar-refractivity contribution in [3.05, 3.63) is 52.9 Å². The Morgan fingerprint density at radius 1 is 1.03 bits per heavy atom. The van der Waals surface area contributed by atoms with Crippen molar-refractivity contribution in [3.63, 3.8) is 0 Å². The van der Waals surface area contributed by atoms with Crippen molar-refractivity contribution in [1.82, 2.24) is 0 Å². The van der Waals surface area contributed by atoms with Gasteiger partial charge < -0.3 is 43.8 Å². The zero-order chi connectivity index (χ0) is 25.3. The molecule has 0 saturated carbocycles. The highest BCUT2D eigenvalue weighted by atomic mass is 16.7. The molecule has 3 aromatic rings. The van der Waals surface area contributed by atoms with E-state index in [2.05, 4.69) is 0 Å². The smallest absolute Gasteiger partial charge is 0.302 e. The largest absolute Gasteiger partial charge is 0.507 e. The topological polar surface area (TPSA) is 165 Å². The fraction of sp³-hybridized carbons (Fsp3) is 0.333. The van der Waals surface area contributed by atoms with Gasteiger partial charge in [0.2, 0.25) is 11.7 Å². The second-order valence-electron chi connectivity index (χ2n) is 7.96. The van der Waals surface area contributed by atoms with Crippen LogP contribution in [0.5, 0.6) is 17.2 Å². The minimum atomic E-state index is -1.67. The second-order valence-corrected chi connectivity index (χ2v) is 7.96. The zero-order valence-electron chi connectivity index (χ0n) is 18.8. The number of aliphatic hydroxyl groups is 3. The molecule has 0 unspecified atom stereocenters. The zero-order valence-corrected chi connectivity index (χ0v) is 18.8. The van der Waals surface area contributed by atoms with Crippen LogP contribution in [0.4, 0.5) is 0 Å². The van der Waals surface area contributed by atoms with Crippen LogP contribution in [0, 0.1) is 0 Å². The highest BCUT2D eigenvalue weighted by Crippen LogP contribution is 2.33. The molecule has 11 heteroatoms. The third-order valence-corrected chi connectivity index (χ3v) is 5.60. The Bertz CT molecular complexity index is 1270. The van der Waals surface area contributed by atoms with Crippen LogP contribution in [0.15, 0.2) is 51.9 Å². The minimum absolute atomic E-state index is 0.00427. The average molecular weight is 488 g/mol. The van der Waals surface area contributed by atoms with Gasteiger partial charge in [0.1, 0.15) is 65.5 Å². The molecule has 4 N–H and O–H groups in total. The monoisotopic (exact) mass is 488 g/mol. The van der Waals surface area contributed by atoms with Crippen molar-refractivity contribution in [2.75, 3.05) is 13.7 Å². The van der Waals surface area contributed by atoms with Gasteiger partial charge in [-0.2, -0.15) is 0 Å². The molecule has 1 aliphatic heterocycles. The van der Waals surface area contributed by atoms with Gasteiger partial charge in [0, 0.05) is 19.1 Å². The number of fused-ring (bicyclic) bond motifs is 1. The number of carbonyl (C=O) groups excluding carboxylic acids is 1. The van der Waals surface area contributed by atoms with Gasteiger partial charge in [0.05, 0.1) is 12.7 Å². The van der Waals surface area contributed by atoms with E-state index in [0.29, 0.717) is 11.3 Å². The number of rotatable bonds is 6. The Balaban J connectivity index is 1.61. The number of carbonyl (C=O) groups is 1. The third-order valence-electron chi connectivity index (χ3n) is 5.60. The molecular weight excluding hydrogens is 464 g/mol. The van der Waals surface area contributed by atoms with E-state index in [1.807, 2.05) is 0 Å². The Labute approximate surface area is 198 Å². The van der Waals surface area contributed by atoms with Crippen LogP contribution in [0.3, 0.4) is 0 Å². The fourth-order valence-corrected chi connectivity index (χ4v) is 3.73. The van der Waals surface area contributed by atoms with Gasteiger partial charge in [-0.25, -0.2) is 0 Å². The molecule has 2 heterocycles. The van der Waals surface area contributed by atoms with E-state index in [9.17, 15) is 30.0 Å². The molecule has 0 spiro atoms. The maximum atomic E-state index is 13.0. The third kappa shape index (κ3) is 4.93. The summed E-state index contributed by atoms with van der Waals surface area (Å²) in [5.74, 6) is -0.496. The number of hydrogen-bond donors (Lipinski definition) is 4. The molecule has 0 bridgehead atoms. The van der Waals surface area contributed by atoms with Gasteiger partial charge >= 0.3 is 5.97 Å². The summed E-state index contributed by atoms with van der Waals surface area (Å²) in [6, 6.07) is 9.17. The van der Waals surface area contributed by atoms with Gasteiger partial charge in [-0.3, -0.25) is 9.59 Å². The van der Waals surface area contributed by atoms with E-state index in [1.54, 1.807) is 24.3 Å². The molecule has 1 saturated heterocycles. The molecule has 186 valence electrons. The van der Waals surface area contributed by atoms with Crippen molar-refractivity contribution in [1.29, 1.82) is 0 Å². The van der Waals surface area contributed by atoms with Crippen LogP contribution >= 0.6 is 0 Å². The number of hydrogen-bond acceptors (Lipinski definition) is 11. The average Bonchev–Trinajstić information content (AvgIpc) is 2.83. The van der Waals surface area contributed by atoms with Gasteiger partial charge in [-0.15, -0.1) is 0 Å². The van der Waals surface area contributed by atoms with Crippen molar-refractivity contribution in [2.45, 2.75) is 37.6 Å². The first-order valence-corrected chi connectivity index (χ1v) is 10.6. The molecule has 2 aromatic carbocycles. The molecule has 1 aliphatic rings. The van der Waals surface area contributed by atoms with Gasteiger partial charge in [0.25, 0.3) is 0 Å². The molecule has 1 fully saturated rings. The summed E-state index contributed by atoms with van der Waals surface area (Å²) in [6.07, 6.45) is -6.29. The van der Waals surface area contributed by atoms with Gasteiger partial charge in [-0.1, -0.05) is 12.1 Å². The lowest BCUT2D eigenvalue weighted by Crippen LogP contribution is -2.60. The molecule has 1 aromatic heterocycles. The number of aromatic hydroxyl groups is 1. The molecule has 4 rings (SSSR count). The number of phenols is 1. The normalized spacial score (nSPS) is 24.2. The van der Waals surface area contributed by atoms with Crippen LogP contribution in [-0.4, -0.2) is 70.8 Å². The quantitative estimate of drug-likeness (QED) is 0.365. The summed E-state index contributed by atoms with van der Waals surface area (Å²) in [6.45, 7) is 0.784. The maximum absolute atomic E-state index is 13.0. The van der Waals surface area contributed by atoms with E-state index in [4.69, 9.17) is 23.4 Å². The molecule has 0 aliphatic carbocycles. The van der Waals surface area contributed by atoms with Crippen LogP contribution in [0.1, 0.15) is 6.92 Å². The summed E-state index contributed by atoms with van der Waals surface area (Å²) in [4.78, 5) is 24.1. The maximum Gasteiger partial charge on any atom is 0.302 e. The number of methoxy groups -OCH3 is 1. The number of aliphatic hydroxyl groups excluding tert-OH is 3. The van der Waals surface area contributed by atoms with Crippen LogP contribution in [0.25, 0.3) is 22.1 Å². The minimum Gasteiger partial charge on any atom is -0.507 e. The van der Waals surface area contributed by atoms with Crippen molar-refractivity contribution in [2.24, 2.45) is 0 Å². The molecule has 5 atom stereocenters. The first-order chi connectivity index (χ1) is 16.7. The number of ether oxygens (including phenoxy) is 4. The van der Waals surface area contributed by atoms with E-state index < -0.39 is 47.9 Å². The Hall–Kier alpha value is -3.64. The van der Waals surface area contributed by atoms with E-state index >= 15 is 0 Å². The Morgan fingerprint density at radius 3 is 2.40 bits per heavy atom. The molecule has 0 radical (unpaired) electrons. The summed E-state index contributed by atoms with van der Waals surface area (Å²) in [7, 11) is 1.53. The standard InChI is InChI=1S/C24H24O11/c1-11(25)32-10-18-21(28)22(29)23(30)24(35-18)34-14-7-16(26)19-17(8-14)33-9-15(20(19)27)12-3-5-13(31-2)6-4-12/h3-9,18,21-24,26,28-30H,10H2,1-2H3/t18-,21-,22+,23-,24-/m1/s1. The first kappa shape index (κ1) is 24.5. The fourth-order valence-electron chi connectivity index (χ4n) is 3.73. The van der Waals surface area contributed by atoms with Crippen molar-refractivity contribution >= 4 is 16.9 Å². The van der Waals surface area contributed by atoms with E-state index in [0.717, 1.165) is 6.07 Å². The molecular formula is C24H24O11. The summed E-state index contributed by atoms with van der Waals surface area (Å²) >= 11 is 0. The van der Waals surface area contributed by atoms with Crippen LogP contribution in [0.2, 0.25) is 0 Å². The molecule has 35 heavy (non-hydrogen) atoms. The van der Waals surface area contributed by atoms with Crippen LogP contribution < -0.4 is 14.9 Å². The van der Waals surface area contributed by atoms with E-state index in [1.165, 1.54) is 26.4 Å². The molecule has 0 amide bonds. The Kier molecular flexibility index (Phi) is 6.94. The summed E-state index contributed by atoms with van der Waals surface area (Å²) in [5.41, 5.74) is 0.311. The summed E-state index contributed by atoms with van der Waals surface area (Å²) in [5, 5.41) is 41.0. The molecule has 11 nitrogen and oxygen atoms in total. The van der Waals surface area contributed by atoms with Gasteiger partial charge in [-0.05, 0) is 17.7 Å². The SMILES string of the molecule is COc1ccc(-c2coc3cc(O[C@@H]4O[C@H](COC(C)=O)[C@@H](O)[C@H](O)[C@H]4O)cc(O)c3c2=O)cc1. The lowest BCUT2D eigenvalue weighted by atomic mass is 9.99. The number of phenolic OH excluding ortho intramolecular Hbond substituents is 1. The van der Waals surface area contributed by atoms with E-state index in [-0.39, 0.29) is 28.9 Å². The number of esters is 1. The predicted octanol–water partition coefficient (Wildman–Crippen LogP) is 0.924. The lowest BCUT2D eigenvalue weighted by Gasteiger charge is -2.39. The highest BCUT2D eigenvalue weighted by molar-refractivity contribution is 5.88. The van der Waals surface area contributed by atoms with Gasteiger partial charge in [0.15, 0.2) is 0 Å². The highest BCUT2D eigenvalue weighted by Gasteiger charge is 2.45. The lowest BCUT2D eigenvalue weighted by molar-refractivity contribution is -0.278. The number of benzene rings is 2. The van der Waals surface area contributed by atoms with Crippen LogP contribution in [-0.2, 0) is 14.3 Å². The Morgan fingerprint density at radius 2 is 1.74 bits per heavy atom. The predicted molar refractivity (Wildman–Crippen MR) is 120 cm³/mol.